The third kappa shape index (κ3) is 7.14. The van der Waals surface area contributed by atoms with E-state index >= 15 is 0 Å². The van der Waals surface area contributed by atoms with E-state index in [0.717, 1.165) is 36.6 Å². The molecule has 2 aromatic rings. The average Bonchev–Trinajstić information content (AvgIpc) is 2.78. The van der Waals surface area contributed by atoms with E-state index in [-0.39, 0.29) is 12.1 Å². The SMILES string of the molecule is CCC(C)c1ccc(NC(=O)Nc2ccc(N3CCN(C(=O)OC(C)(C)C)CC3)cc2)cc1. The summed E-state index contributed by atoms with van der Waals surface area (Å²) in [4.78, 5) is 28.6. The molecule has 7 heteroatoms. The fraction of sp³-hybridized carbons (Fsp3) is 0.462. The molecule has 3 amide bonds. The first-order chi connectivity index (χ1) is 15.6. The summed E-state index contributed by atoms with van der Waals surface area (Å²) in [5.41, 5.74) is 3.33. The van der Waals surface area contributed by atoms with Crippen molar-refractivity contribution < 1.29 is 14.3 Å². The van der Waals surface area contributed by atoms with Gasteiger partial charge in [-0.25, -0.2) is 9.59 Å². The van der Waals surface area contributed by atoms with Gasteiger partial charge < -0.3 is 25.2 Å². The number of nitrogens with one attached hydrogen (secondary N) is 2. The Morgan fingerprint density at radius 2 is 1.42 bits per heavy atom. The first-order valence-electron chi connectivity index (χ1n) is 11.7. The number of carbonyl (C=O) groups excluding carboxylic acids is 2. The predicted octanol–water partition coefficient (Wildman–Crippen LogP) is 5.90. The van der Waals surface area contributed by atoms with Crippen LogP contribution < -0.4 is 15.5 Å². The van der Waals surface area contributed by atoms with Crippen molar-refractivity contribution in [2.24, 2.45) is 0 Å². The zero-order valence-corrected chi connectivity index (χ0v) is 20.4. The van der Waals surface area contributed by atoms with Gasteiger partial charge >= 0.3 is 12.1 Å². The second-order valence-corrected chi connectivity index (χ2v) is 9.51. The highest BCUT2D eigenvalue weighted by molar-refractivity contribution is 5.99. The highest BCUT2D eigenvalue weighted by Crippen LogP contribution is 2.22. The van der Waals surface area contributed by atoms with Crippen LogP contribution in [0.5, 0.6) is 0 Å². The normalized spacial score (nSPS) is 15.1. The van der Waals surface area contributed by atoms with Gasteiger partial charge in [0.2, 0.25) is 0 Å². The van der Waals surface area contributed by atoms with Gasteiger partial charge in [-0.3, -0.25) is 0 Å². The van der Waals surface area contributed by atoms with E-state index in [1.54, 1.807) is 4.90 Å². The number of urea groups is 1. The Balaban J connectivity index is 1.48. The Kier molecular flexibility index (Phi) is 7.84. The largest absolute Gasteiger partial charge is 0.444 e. The topological polar surface area (TPSA) is 73.9 Å². The summed E-state index contributed by atoms with van der Waals surface area (Å²) in [6.45, 7) is 12.7. The average molecular weight is 453 g/mol. The molecule has 0 radical (unpaired) electrons. The molecule has 2 N–H and O–H groups in total. The summed E-state index contributed by atoms with van der Waals surface area (Å²) in [6, 6.07) is 15.5. The van der Waals surface area contributed by atoms with Crippen LogP contribution in [-0.4, -0.2) is 48.8 Å². The highest BCUT2D eigenvalue weighted by Gasteiger charge is 2.25. The molecule has 1 aliphatic heterocycles. The number of piperazine rings is 1. The standard InChI is InChI=1S/C26H36N4O3/c1-6-19(2)20-7-9-21(10-8-20)27-24(31)28-22-11-13-23(14-12-22)29-15-17-30(18-16-29)25(32)33-26(3,4)5/h7-14,19H,6,15-18H2,1-5H3,(H2,27,28,31). The highest BCUT2D eigenvalue weighted by atomic mass is 16.6. The first-order valence-corrected chi connectivity index (χ1v) is 11.7. The Hall–Kier alpha value is -3.22. The van der Waals surface area contributed by atoms with Crippen LogP contribution in [0.25, 0.3) is 0 Å². The summed E-state index contributed by atoms with van der Waals surface area (Å²) in [6.07, 6.45) is 0.824. The number of amides is 3. The zero-order valence-electron chi connectivity index (χ0n) is 20.4. The Morgan fingerprint density at radius 3 is 1.91 bits per heavy atom. The van der Waals surface area contributed by atoms with Crippen LogP contribution in [0.1, 0.15) is 52.5 Å². The molecular formula is C26H36N4O3. The lowest BCUT2D eigenvalue weighted by Gasteiger charge is -2.36. The van der Waals surface area contributed by atoms with Gasteiger partial charge in [-0.2, -0.15) is 0 Å². The third-order valence-corrected chi connectivity index (χ3v) is 5.77. The molecule has 0 bridgehead atoms. The number of nitrogens with zero attached hydrogens (tertiary/aromatic N) is 2. The van der Waals surface area contributed by atoms with Crippen molar-refractivity contribution in [1.82, 2.24) is 4.90 Å². The van der Waals surface area contributed by atoms with Crippen LogP contribution in [0.2, 0.25) is 0 Å². The summed E-state index contributed by atoms with van der Waals surface area (Å²) in [5, 5.41) is 5.75. The number of ether oxygens (including phenoxy) is 1. The van der Waals surface area contributed by atoms with Crippen LogP contribution in [0, 0.1) is 0 Å². The smallest absolute Gasteiger partial charge is 0.410 e. The fourth-order valence-corrected chi connectivity index (χ4v) is 3.65. The van der Waals surface area contributed by atoms with Gasteiger partial charge in [0.05, 0.1) is 0 Å². The van der Waals surface area contributed by atoms with Gasteiger partial charge in [0.1, 0.15) is 5.60 Å². The fourth-order valence-electron chi connectivity index (χ4n) is 3.65. The van der Waals surface area contributed by atoms with Crippen LogP contribution in [-0.2, 0) is 4.74 Å². The van der Waals surface area contributed by atoms with E-state index < -0.39 is 5.60 Å². The van der Waals surface area contributed by atoms with E-state index in [0.29, 0.717) is 19.0 Å². The number of anilines is 3. The molecule has 178 valence electrons. The molecule has 1 aliphatic rings. The molecule has 2 aromatic carbocycles. The summed E-state index contributed by atoms with van der Waals surface area (Å²) < 4.78 is 5.46. The van der Waals surface area contributed by atoms with E-state index in [2.05, 4.69) is 41.5 Å². The molecule has 1 heterocycles. The zero-order chi connectivity index (χ0) is 24.0. The van der Waals surface area contributed by atoms with Crippen molar-refractivity contribution >= 4 is 29.2 Å². The molecule has 7 nitrogen and oxygen atoms in total. The quantitative estimate of drug-likeness (QED) is 0.592. The minimum atomic E-state index is -0.486. The minimum Gasteiger partial charge on any atom is -0.444 e. The summed E-state index contributed by atoms with van der Waals surface area (Å²) in [7, 11) is 0. The number of carbonyl (C=O) groups is 2. The van der Waals surface area contributed by atoms with Crippen molar-refractivity contribution in [1.29, 1.82) is 0 Å². The van der Waals surface area contributed by atoms with E-state index in [1.807, 2.05) is 57.2 Å². The molecule has 1 unspecified atom stereocenters. The Bertz CT molecular complexity index is 928. The molecule has 3 rings (SSSR count). The van der Waals surface area contributed by atoms with Gasteiger partial charge in [0.25, 0.3) is 0 Å². The number of hydrogen-bond donors (Lipinski definition) is 2. The van der Waals surface area contributed by atoms with Gasteiger partial charge in [0, 0.05) is 43.2 Å². The molecule has 0 saturated carbocycles. The van der Waals surface area contributed by atoms with Crippen molar-refractivity contribution in [3.8, 4) is 0 Å². The molecule has 1 fully saturated rings. The second kappa shape index (κ2) is 10.6. The molecule has 0 aromatic heterocycles. The minimum absolute atomic E-state index is 0.262. The Morgan fingerprint density at radius 1 is 0.909 bits per heavy atom. The lowest BCUT2D eigenvalue weighted by molar-refractivity contribution is 0.0240. The van der Waals surface area contributed by atoms with Crippen molar-refractivity contribution in [3.05, 3.63) is 54.1 Å². The number of rotatable bonds is 5. The number of hydrogen-bond acceptors (Lipinski definition) is 4. The van der Waals surface area contributed by atoms with Gasteiger partial charge in [-0.15, -0.1) is 0 Å². The second-order valence-electron chi connectivity index (χ2n) is 9.51. The molecule has 0 aliphatic carbocycles. The van der Waals surface area contributed by atoms with E-state index in [1.165, 1.54) is 5.56 Å². The van der Waals surface area contributed by atoms with Crippen LogP contribution in [0.3, 0.4) is 0 Å². The van der Waals surface area contributed by atoms with E-state index in [9.17, 15) is 9.59 Å². The van der Waals surface area contributed by atoms with Crippen molar-refractivity contribution in [2.75, 3.05) is 41.7 Å². The van der Waals surface area contributed by atoms with Crippen LogP contribution in [0.15, 0.2) is 48.5 Å². The van der Waals surface area contributed by atoms with Crippen LogP contribution in [0.4, 0.5) is 26.7 Å². The molecular weight excluding hydrogens is 416 g/mol. The predicted molar refractivity (Wildman–Crippen MR) is 134 cm³/mol. The Labute approximate surface area is 197 Å². The van der Waals surface area contributed by atoms with Crippen molar-refractivity contribution in [2.45, 2.75) is 52.6 Å². The third-order valence-electron chi connectivity index (χ3n) is 5.77. The summed E-state index contributed by atoms with van der Waals surface area (Å²) in [5.74, 6) is 0.506. The summed E-state index contributed by atoms with van der Waals surface area (Å²) >= 11 is 0. The van der Waals surface area contributed by atoms with Gasteiger partial charge in [-0.05, 0) is 75.1 Å². The molecule has 1 atom stereocenters. The lowest BCUT2D eigenvalue weighted by atomic mass is 9.99. The maximum Gasteiger partial charge on any atom is 0.410 e. The number of benzene rings is 2. The maximum atomic E-state index is 12.4. The first kappa shape index (κ1) is 24.4. The van der Waals surface area contributed by atoms with Crippen molar-refractivity contribution in [3.63, 3.8) is 0 Å². The van der Waals surface area contributed by atoms with Gasteiger partial charge in [0.15, 0.2) is 0 Å². The van der Waals surface area contributed by atoms with E-state index in [4.69, 9.17) is 4.74 Å². The maximum absolute atomic E-state index is 12.4. The molecule has 33 heavy (non-hydrogen) atoms. The lowest BCUT2D eigenvalue weighted by Crippen LogP contribution is -2.50. The molecule has 1 saturated heterocycles. The van der Waals surface area contributed by atoms with Crippen LogP contribution >= 0.6 is 0 Å². The monoisotopic (exact) mass is 452 g/mol. The molecule has 0 spiro atoms. The van der Waals surface area contributed by atoms with Gasteiger partial charge in [-0.1, -0.05) is 26.0 Å².